The highest BCUT2D eigenvalue weighted by Crippen LogP contribution is 2.34. The minimum atomic E-state index is -1.23. The van der Waals surface area contributed by atoms with Gasteiger partial charge < -0.3 is 40.7 Å². The third-order valence-electron chi connectivity index (χ3n) is 8.88. The van der Waals surface area contributed by atoms with Gasteiger partial charge in [0.2, 0.25) is 11.8 Å². The quantitative estimate of drug-likeness (QED) is 0.194. The lowest BCUT2D eigenvalue weighted by Crippen LogP contribution is -2.62. The Morgan fingerprint density at radius 1 is 1.09 bits per heavy atom. The summed E-state index contributed by atoms with van der Waals surface area (Å²) in [5.41, 5.74) is 7.51. The van der Waals surface area contributed by atoms with Crippen LogP contribution in [0.5, 0.6) is 0 Å². The number of hydrogen-bond donors (Lipinski definition) is 5. The first-order valence-corrected chi connectivity index (χ1v) is 15.8. The number of urea groups is 1. The highest BCUT2D eigenvalue weighted by atomic mass is 16.5. The molecule has 1 saturated carbocycles. The molecule has 0 unspecified atom stereocenters. The van der Waals surface area contributed by atoms with Crippen molar-refractivity contribution < 1.29 is 24.2 Å². The monoisotopic (exact) mass is 620 g/mol. The maximum atomic E-state index is 15.0. The summed E-state index contributed by atoms with van der Waals surface area (Å²) in [5.74, 6) is -0.721. The molecular weight excluding hydrogens is 576 g/mol. The number of aromatic nitrogens is 4. The summed E-state index contributed by atoms with van der Waals surface area (Å²) in [6.45, 7) is 1.60. The molecule has 3 aromatic rings. The number of nitrogens with two attached hydrogens (primary N) is 1. The van der Waals surface area contributed by atoms with Crippen molar-refractivity contribution in [3.63, 3.8) is 0 Å². The lowest BCUT2D eigenvalue weighted by molar-refractivity contribution is -0.148. The fraction of sp³-hybridized carbons (Fsp3) is 0.531. The van der Waals surface area contributed by atoms with Gasteiger partial charge in [-0.3, -0.25) is 9.59 Å². The lowest BCUT2D eigenvalue weighted by atomic mass is 9.82. The first-order chi connectivity index (χ1) is 21.9. The van der Waals surface area contributed by atoms with Crippen LogP contribution in [0.4, 0.5) is 4.79 Å². The van der Waals surface area contributed by atoms with Crippen LogP contribution in [-0.2, 0) is 27.2 Å². The van der Waals surface area contributed by atoms with Crippen LogP contribution in [0.1, 0.15) is 61.7 Å². The predicted molar refractivity (Wildman–Crippen MR) is 166 cm³/mol. The summed E-state index contributed by atoms with van der Waals surface area (Å²) in [6.07, 6.45) is 10.8. The van der Waals surface area contributed by atoms with Crippen molar-refractivity contribution in [2.45, 2.75) is 75.6 Å². The average Bonchev–Trinajstić information content (AvgIpc) is 3.80. The largest absolute Gasteiger partial charge is 0.383 e. The van der Waals surface area contributed by atoms with Crippen molar-refractivity contribution in [2.24, 2.45) is 11.7 Å². The maximum absolute atomic E-state index is 15.0. The van der Waals surface area contributed by atoms with Crippen LogP contribution in [0.15, 0.2) is 55.2 Å². The molecule has 13 heteroatoms. The third kappa shape index (κ3) is 8.49. The van der Waals surface area contributed by atoms with Gasteiger partial charge in [-0.05, 0) is 17.9 Å². The molecule has 0 bridgehead atoms. The van der Waals surface area contributed by atoms with E-state index in [0.29, 0.717) is 38.4 Å². The fourth-order valence-electron chi connectivity index (χ4n) is 6.51. The number of rotatable bonds is 13. The molecule has 0 spiro atoms. The lowest BCUT2D eigenvalue weighted by Gasteiger charge is -2.42. The van der Waals surface area contributed by atoms with Gasteiger partial charge in [0.05, 0.1) is 25.6 Å². The summed E-state index contributed by atoms with van der Waals surface area (Å²) in [4.78, 5) is 59.3. The van der Waals surface area contributed by atoms with E-state index in [0.717, 1.165) is 37.7 Å². The molecule has 1 aliphatic heterocycles. The normalized spacial score (nSPS) is 18.5. The number of carbonyl (C=O) groups excluding carboxylic acids is 3. The van der Waals surface area contributed by atoms with Gasteiger partial charge in [-0.15, -0.1) is 0 Å². The van der Waals surface area contributed by atoms with Gasteiger partial charge in [0.25, 0.3) is 0 Å². The van der Waals surface area contributed by atoms with Crippen molar-refractivity contribution >= 4 is 17.8 Å². The van der Waals surface area contributed by atoms with E-state index in [2.05, 4.69) is 25.3 Å². The van der Waals surface area contributed by atoms with E-state index >= 15 is 0 Å². The van der Waals surface area contributed by atoms with E-state index in [1.54, 1.807) is 23.5 Å². The zero-order valence-electron chi connectivity index (χ0n) is 25.5. The molecule has 1 aromatic carbocycles. The minimum Gasteiger partial charge on any atom is -0.383 e. The second kappa shape index (κ2) is 15.7. The van der Waals surface area contributed by atoms with Crippen LogP contribution in [-0.4, -0.2) is 97.1 Å². The highest BCUT2D eigenvalue weighted by molar-refractivity contribution is 5.92. The van der Waals surface area contributed by atoms with Crippen molar-refractivity contribution in [3.8, 4) is 0 Å². The highest BCUT2D eigenvalue weighted by Gasteiger charge is 2.43. The predicted octanol–water partition coefficient (Wildman–Crippen LogP) is 2.08. The fourth-order valence-corrected chi connectivity index (χ4v) is 6.51. The first-order valence-electron chi connectivity index (χ1n) is 15.8. The number of H-pyrrole nitrogens is 2. The number of ether oxygens (including phenoxy) is 1. The summed E-state index contributed by atoms with van der Waals surface area (Å²) in [7, 11) is 0. The van der Waals surface area contributed by atoms with Gasteiger partial charge in [0, 0.05) is 50.2 Å². The van der Waals surface area contributed by atoms with E-state index < -0.39 is 42.1 Å². The first kappa shape index (κ1) is 32.2. The zero-order valence-corrected chi connectivity index (χ0v) is 25.5. The molecule has 4 atom stereocenters. The molecule has 45 heavy (non-hydrogen) atoms. The van der Waals surface area contributed by atoms with Crippen molar-refractivity contribution in [1.29, 1.82) is 0 Å². The average molecular weight is 621 g/mol. The number of primary amides is 1. The Morgan fingerprint density at radius 3 is 2.49 bits per heavy atom. The number of carbonyl (C=O) groups is 3. The molecule has 0 radical (unpaired) electrons. The van der Waals surface area contributed by atoms with Crippen molar-refractivity contribution in [1.82, 2.24) is 35.1 Å². The molecule has 3 heterocycles. The van der Waals surface area contributed by atoms with Gasteiger partial charge in [-0.25, -0.2) is 14.8 Å². The van der Waals surface area contributed by atoms with Crippen LogP contribution in [0, 0.1) is 5.92 Å². The summed E-state index contributed by atoms with van der Waals surface area (Å²) in [5, 5.41) is 14.8. The van der Waals surface area contributed by atoms with Gasteiger partial charge in [-0.2, -0.15) is 0 Å². The van der Waals surface area contributed by atoms with E-state index in [1.165, 1.54) is 11.2 Å². The maximum Gasteiger partial charge on any atom is 0.318 e. The molecule has 13 nitrogen and oxygen atoms in total. The molecule has 4 amide bonds. The molecular formula is C32H44N8O5. The summed E-state index contributed by atoms with van der Waals surface area (Å²) < 4.78 is 5.42. The molecule has 5 rings (SSSR count). The van der Waals surface area contributed by atoms with E-state index in [1.807, 2.05) is 30.3 Å². The Hall–Kier alpha value is -4.23. The standard InChI is InChI=1S/C32H44N8O5/c33-29(42)27(19-24-20-34-21-37-24)40(26(18-23-9-5-2-6-10-23)28(41)30-35-11-12-36-30)31(43)25(17-22-7-3-1-4-8-22)38-32(44)39-13-15-45-16-14-39/h1,3-4,7-8,11-12,20-21,23,25-28,41H,2,5-6,9-10,13-19H2,(H2,33,42)(H,34,37)(H,35,36)(H,38,44)/t25-,26-,27-,28+/m0/s1. The molecule has 1 aliphatic carbocycles. The Morgan fingerprint density at radius 2 is 1.84 bits per heavy atom. The Labute approximate surface area is 262 Å². The van der Waals surface area contributed by atoms with Crippen LogP contribution in [0.25, 0.3) is 0 Å². The molecule has 2 aromatic heterocycles. The van der Waals surface area contributed by atoms with E-state index in [-0.39, 0.29) is 24.6 Å². The second-order valence-electron chi connectivity index (χ2n) is 12.0. The van der Waals surface area contributed by atoms with E-state index in [4.69, 9.17) is 10.5 Å². The number of nitrogens with zero attached hydrogens (tertiary/aromatic N) is 4. The van der Waals surface area contributed by atoms with Crippen LogP contribution in [0.3, 0.4) is 0 Å². The summed E-state index contributed by atoms with van der Waals surface area (Å²) >= 11 is 0. The third-order valence-corrected chi connectivity index (χ3v) is 8.88. The molecule has 2 aliphatic rings. The molecule has 242 valence electrons. The van der Waals surface area contributed by atoms with Crippen LogP contribution in [0.2, 0.25) is 0 Å². The Kier molecular flexibility index (Phi) is 11.2. The molecule has 1 saturated heterocycles. The smallest absolute Gasteiger partial charge is 0.318 e. The van der Waals surface area contributed by atoms with Crippen molar-refractivity contribution in [2.75, 3.05) is 26.3 Å². The van der Waals surface area contributed by atoms with Gasteiger partial charge >= 0.3 is 6.03 Å². The number of aliphatic hydroxyl groups is 1. The molecule has 2 fully saturated rings. The number of nitrogens with one attached hydrogen (secondary N) is 3. The van der Waals surface area contributed by atoms with Crippen LogP contribution < -0.4 is 11.1 Å². The topological polar surface area (TPSA) is 183 Å². The molecule has 6 N–H and O–H groups in total. The number of amides is 4. The van der Waals surface area contributed by atoms with Crippen LogP contribution >= 0.6 is 0 Å². The Bertz CT molecular complexity index is 1340. The van der Waals surface area contributed by atoms with Gasteiger partial charge in [0.15, 0.2) is 0 Å². The minimum absolute atomic E-state index is 0.0581. The number of aliphatic hydroxyl groups excluding tert-OH is 1. The number of hydrogen-bond acceptors (Lipinski definition) is 7. The summed E-state index contributed by atoms with van der Waals surface area (Å²) in [6, 6.07) is 5.95. The number of aromatic amines is 2. The van der Waals surface area contributed by atoms with Gasteiger partial charge in [0.1, 0.15) is 24.0 Å². The number of morpholine rings is 1. The Balaban J connectivity index is 1.56. The zero-order chi connectivity index (χ0) is 31.6. The number of benzene rings is 1. The SMILES string of the molecule is NC(=O)[C@H](Cc1cnc[nH]1)N(C(=O)[C@H](Cc1ccccc1)NC(=O)N1CCOCC1)[C@@H](CC1CCCCC1)[C@@H](O)c1ncc[nH]1. The number of imidazole rings is 2. The van der Waals surface area contributed by atoms with E-state index in [9.17, 15) is 19.5 Å². The second-order valence-corrected chi connectivity index (χ2v) is 12.0. The van der Waals surface area contributed by atoms with Crippen molar-refractivity contribution in [3.05, 3.63) is 72.3 Å². The van der Waals surface area contributed by atoms with Gasteiger partial charge in [-0.1, -0.05) is 62.4 Å².